The molecule has 0 bridgehead atoms. The molecule has 2 rings (SSSR count). The van der Waals surface area contributed by atoms with Crippen molar-refractivity contribution >= 4 is 5.65 Å². The summed E-state index contributed by atoms with van der Waals surface area (Å²) in [7, 11) is 0. The predicted molar refractivity (Wildman–Crippen MR) is 44.0 cm³/mol. The second kappa shape index (κ2) is 2.48. The van der Waals surface area contributed by atoms with E-state index in [1.54, 1.807) is 22.7 Å². The van der Waals surface area contributed by atoms with Crippen molar-refractivity contribution < 1.29 is 5.11 Å². The fraction of sp³-hybridized carbons (Fsp3) is 0.250. The number of rotatable bonds is 1. The first-order valence-electron chi connectivity index (χ1n) is 3.84. The first kappa shape index (κ1) is 7.09. The lowest BCUT2D eigenvalue weighted by molar-refractivity contribution is 0.471. The van der Waals surface area contributed by atoms with Crippen molar-refractivity contribution in [2.45, 2.75) is 13.3 Å². The summed E-state index contributed by atoms with van der Waals surface area (Å²) in [5.41, 5.74) is 0.768. The van der Waals surface area contributed by atoms with Gasteiger partial charge in [0.25, 0.3) is 0 Å². The quantitative estimate of drug-likeness (QED) is 0.682. The van der Waals surface area contributed by atoms with Gasteiger partial charge in [-0.25, -0.2) is 0 Å². The third-order valence-electron chi connectivity index (χ3n) is 1.77. The van der Waals surface area contributed by atoms with Crippen molar-refractivity contribution in [3.05, 3.63) is 24.2 Å². The van der Waals surface area contributed by atoms with E-state index in [4.69, 9.17) is 0 Å². The van der Waals surface area contributed by atoms with Gasteiger partial charge in [0.1, 0.15) is 11.6 Å². The maximum atomic E-state index is 9.19. The average molecular weight is 163 g/mol. The normalized spacial score (nSPS) is 10.8. The van der Waals surface area contributed by atoms with E-state index >= 15 is 0 Å². The topological polar surface area (TPSA) is 50.4 Å². The molecule has 0 atom stereocenters. The van der Waals surface area contributed by atoms with E-state index < -0.39 is 0 Å². The molecule has 0 saturated heterocycles. The van der Waals surface area contributed by atoms with E-state index in [0.29, 0.717) is 0 Å². The van der Waals surface area contributed by atoms with Crippen molar-refractivity contribution in [1.82, 2.24) is 14.6 Å². The number of aryl methyl sites for hydroxylation is 1. The summed E-state index contributed by atoms with van der Waals surface area (Å²) in [6.45, 7) is 2.00. The molecule has 1 N–H and O–H groups in total. The number of aromatic hydroxyl groups is 1. The molecule has 0 unspecified atom stereocenters. The van der Waals surface area contributed by atoms with Crippen LogP contribution in [-0.2, 0) is 6.42 Å². The first-order chi connectivity index (χ1) is 5.81. The van der Waals surface area contributed by atoms with Crippen LogP contribution < -0.4 is 0 Å². The van der Waals surface area contributed by atoms with Gasteiger partial charge in [-0.05, 0) is 12.1 Å². The van der Waals surface area contributed by atoms with Crippen LogP contribution in [0, 0.1) is 0 Å². The maximum Gasteiger partial charge on any atom is 0.161 e. The van der Waals surface area contributed by atoms with E-state index in [-0.39, 0.29) is 5.75 Å². The highest BCUT2D eigenvalue weighted by Gasteiger charge is 2.02. The van der Waals surface area contributed by atoms with Crippen LogP contribution in [0.4, 0.5) is 0 Å². The summed E-state index contributed by atoms with van der Waals surface area (Å²) in [6.07, 6.45) is 2.43. The van der Waals surface area contributed by atoms with Gasteiger partial charge in [0, 0.05) is 6.42 Å². The molecule has 0 aromatic carbocycles. The Morgan fingerprint density at radius 2 is 2.25 bits per heavy atom. The van der Waals surface area contributed by atoms with Gasteiger partial charge < -0.3 is 5.11 Å². The summed E-state index contributed by atoms with van der Waals surface area (Å²) < 4.78 is 1.79. The number of pyridine rings is 1. The molecule has 0 amide bonds. The summed E-state index contributed by atoms with van der Waals surface area (Å²) in [5, 5.41) is 17.1. The van der Waals surface area contributed by atoms with Gasteiger partial charge in [0.15, 0.2) is 5.65 Å². The zero-order valence-electron chi connectivity index (χ0n) is 6.73. The highest BCUT2D eigenvalue weighted by atomic mass is 16.3. The van der Waals surface area contributed by atoms with Crippen molar-refractivity contribution in [1.29, 1.82) is 0 Å². The van der Waals surface area contributed by atoms with Crippen LogP contribution in [0.3, 0.4) is 0 Å². The lowest BCUT2D eigenvalue weighted by Crippen LogP contribution is -1.90. The molecule has 4 heteroatoms. The van der Waals surface area contributed by atoms with E-state index in [1.807, 2.05) is 6.92 Å². The van der Waals surface area contributed by atoms with Crippen LogP contribution in [0.25, 0.3) is 5.65 Å². The Bertz CT molecular complexity index is 408. The van der Waals surface area contributed by atoms with Gasteiger partial charge in [-0.3, -0.25) is 4.40 Å². The van der Waals surface area contributed by atoms with E-state index in [1.165, 1.54) is 0 Å². The van der Waals surface area contributed by atoms with Crippen LogP contribution in [0.2, 0.25) is 0 Å². The average Bonchev–Trinajstić information content (AvgIpc) is 2.46. The molecular weight excluding hydrogens is 154 g/mol. The van der Waals surface area contributed by atoms with Crippen molar-refractivity contribution in [2.75, 3.05) is 0 Å². The Balaban J connectivity index is 2.75. The number of fused-ring (bicyclic) bond motifs is 1. The van der Waals surface area contributed by atoms with Gasteiger partial charge in [-0.2, -0.15) is 0 Å². The minimum absolute atomic E-state index is 0.233. The summed E-state index contributed by atoms with van der Waals surface area (Å²) in [5.74, 6) is 1.10. The van der Waals surface area contributed by atoms with Gasteiger partial charge in [0.05, 0.1) is 6.20 Å². The molecule has 0 fully saturated rings. The fourth-order valence-electron chi connectivity index (χ4n) is 1.17. The van der Waals surface area contributed by atoms with Crippen LogP contribution >= 0.6 is 0 Å². The van der Waals surface area contributed by atoms with E-state index in [9.17, 15) is 5.11 Å². The minimum atomic E-state index is 0.233. The second-order valence-electron chi connectivity index (χ2n) is 2.59. The first-order valence-corrected chi connectivity index (χ1v) is 3.84. The Labute approximate surface area is 69.5 Å². The monoisotopic (exact) mass is 163 g/mol. The second-order valence-corrected chi connectivity index (χ2v) is 2.59. The van der Waals surface area contributed by atoms with Crippen LogP contribution in [0.1, 0.15) is 12.7 Å². The van der Waals surface area contributed by atoms with Gasteiger partial charge in [-0.1, -0.05) is 6.92 Å². The fourth-order valence-corrected chi connectivity index (χ4v) is 1.17. The number of aromatic nitrogens is 3. The molecule has 0 saturated carbocycles. The Morgan fingerprint density at radius 1 is 1.42 bits per heavy atom. The molecule has 2 aromatic heterocycles. The molecule has 0 aliphatic rings. The lowest BCUT2D eigenvalue weighted by Gasteiger charge is -1.95. The molecule has 0 aliphatic carbocycles. The lowest BCUT2D eigenvalue weighted by atomic mass is 10.4. The molecule has 2 heterocycles. The molecule has 0 radical (unpaired) electrons. The third kappa shape index (κ3) is 0.922. The molecular formula is C8H9N3O. The standard InChI is InChI=1S/C8H9N3O/c1-2-7-9-10-8-4-3-6(12)5-11(7)8/h3-5,12H,2H2,1H3. The van der Waals surface area contributed by atoms with Crippen molar-refractivity contribution in [3.8, 4) is 5.75 Å². The molecule has 0 spiro atoms. The minimum Gasteiger partial charge on any atom is -0.506 e. The molecule has 12 heavy (non-hydrogen) atoms. The van der Waals surface area contributed by atoms with Crippen LogP contribution in [0.5, 0.6) is 5.75 Å². The summed E-state index contributed by atoms with van der Waals surface area (Å²) >= 11 is 0. The van der Waals surface area contributed by atoms with Gasteiger partial charge in [-0.15, -0.1) is 10.2 Å². The zero-order valence-corrected chi connectivity index (χ0v) is 6.73. The molecule has 62 valence electrons. The summed E-state index contributed by atoms with van der Waals surface area (Å²) in [4.78, 5) is 0. The smallest absolute Gasteiger partial charge is 0.161 e. The van der Waals surface area contributed by atoms with Crippen molar-refractivity contribution in [2.24, 2.45) is 0 Å². The van der Waals surface area contributed by atoms with Crippen molar-refractivity contribution in [3.63, 3.8) is 0 Å². The Morgan fingerprint density at radius 3 is 3.00 bits per heavy atom. The van der Waals surface area contributed by atoms with E-state index in [2.05, 4.69) is 10.2 Å². The SMILES string of the molecule is CCc1nnc2ccc(O)cn12. The number of hydrogen-bond acceptors (Lipinski definition) is 3. The Kier molecular flexibility index (Phi) is 1.46. The number of nitrogens with zero attached hydrogens (tertiary/aromatic N) is 3. The summed E-state index contributed by atoms with van der Waals surface area (Å²) in [6, 6.07) is 3.34. The van der Waals surface area contributed by atoms with Gasteiger partial charge >= 0.3 is 0 Å². The highest BCUT2D eigenvalue weighted by Crippen LogP contribution is 2.11. The number of hydrogen-bond donors (Lipinski definition) is 1. The predicted octanol–water partition coefficient (Wildman–Crippen LogP) is 0.997. The van der Waals surface area contributed by atoms with E-state index in [0.717, 1.165) is 17.9 Å². The molecule has 4 nitrogen and oxygen atoms in total. The molecule has 2 aromatic rings. The molecule has 0 aliphatic heterocycles. The van der Waals surface area contributed by atoms with Gasteiger partial charge in [0.2, 0.25) is 0 Å². The maximum absolute atomic E-state index is 9.19. The third-order valence-corrected chi connectivity index (χ3v) is 1.77. The Hall–Kier alpha value is -1.58. The van der Waals surface area contributed by atoms with Crippen LogP contribution in [-0.4, -0.2) is 19.7 Å². The van der Waals surface area contributed by atoms with Crippen LogP contribution in [0.15, 0.2) is 18.3 Å². The largest absolute Gasteiger partial charge is 0.506 e. The zero-order chi connectivity index (χ0) is 8.55. The highest BCUT2D eigenvalue weighted by molar-refractivity contribution is 5.40.